The van der Waals surface area contributed by atoms with Crippen molar-refractivity contribution in [2.24, 2.45) is 23.7 Å². The number of carboxylic acid groups (broad SMARTS) is 1. The minimum atomic E-state index is -1.58. The molecule has 3 aromatic carbocycles. The number of carboxylic acids is 1. The highest BCUT2D eigenvalue weighted by atomic mass is 127. The number of nitrogens with zero attached hydrogens (tertiary/aromatic N) is 2. The number of imide groups is 2. The van der Waals surface area contributed by atoms with Crippen LogP contribution in [0.15, 0.2) is 66.2 Å². The molecular formula is C40H38Cl2IN3O9. The number of phenolic OH excluding ortho intramolecular Hbond substituents is 1. The smallest absolute Gasteiger partial charge is 0.303 e. The number of phenols is 1. The summed E-state index contributed by atoms with van der Waals surface area (Å²) in [5, 5.41) is 21.5. The Bertz CT molecular complexity index is 2130. The van der Waals surface area contributed by atoms with Crippen LogP contribution in [0, 0.1) is 27.2 Å². The number of hydrazine groups is 1. The summed E-state index contributed by atoms with van der Waals surface area (Å²) >= 11 is 14.7. The minimum absolute atomic E-state index is 0.00501. The van der Waals surface area contributed by atoms with E-state index in [1.54, 1.807) is 48.5 Å². The number of aromatic hydroxyl groups is 1. The molecule has 1 saturated carbocycles. The van der Waals surface area contributed by atoms with E-state index < -0.39 is 52.8 Å². The summed E-state index contributed by atoms with van der Waals surface area (Å²) in [6.45, 7) is 0.166. The fraction of sp³-hybridized carbons (Fsp3) is 0.375. The van der Waals surface area contributed by atoms with E-state index in [2.05, 4.69) is 5.43 Å². The lowest BCUT2D eigenvalue weighted by molar-refractivity contribution is -0.141. The van der Waals surface area contributed by atoms with E-state index in [9.17, 15) is 24.3 Å². The zero-order valence-electron chi connectivity index (χ0n) is 29.9. The Kier molecular flexibility index (Phi) is 10.8. The second-order valence-electron chi connectivity index (χ2n) is 14.3. The lowest BCUT2D eigenvalue weighted by Crippen LogP contribution is -2.53. The second kappa shape index (κ2) is 15.3. The SMILES string of the molecule is COc1ccc(C23C(=O)N(Nc4ccc(Cl)cc4Cl)C(=O)C2CC2C(=CCC4C(=O)N(CCCCCC(=O)O)C(=O)C42)C3c2cc(I)c(O)c(OC)c2)cc1. The first-order valence-corrected chi connectivity index (χ1v) is 19.7. The van der Waals surface area contributed by atoms with Gasteiger partial charge in [-0.1, -0.05) is 53.4 Å². The predicted molar refractivity (Wildman–Crippen MR) is 211 cm³/mol. The van der Waals surface area contributed by atoms with Crippen LogP contribution in [0.4, 0.5) is 5.69 Å². The lowest BCUT2D eigenvalue weighted by Gasteiger charge is -2.50. The van der Waals surface area contributed by atoms with Crippen molar-refractivity contribution in [2.45, 2.75) is 49.9 Å². The van der Waals surface area contributed by atoms with Crippen LogP contribution in [0.25, 0.3) is 0 Å². The minimum Gasteiger partial charge on any atom is -0.504 e. The number of hydrogen-bond acceptors (Lipinski definition) is 9. The molecule has 2 aliphatic heterocycles. The third-order valence-electron chi connectivity index (χ3n) is 11.5. The van der Waals surface area contributed by atoms with E-state index >= 15 is 4.79 Å². The summed E-state index contributed by atoms with van der Waals surface area (Å²) in [5.41, 5.74) is 3.54. The van der Waals surface area contributed by atoms with Gasteiger partial charge in [0, 0.05) is 23.9 Å². The summed E-state index contributed by atoms with van der Waals surface area (Å²) < 4.78 is 11.5. The number of anilines is 1. The Morgan fingerprint density at radius 2 is 1.69 bits per heavy atom. The maximum Gasteiger partial charge on any atom is 0.303 e. The largest absolute Gasteiger partial charge is 0.504 e. The molecule has 55 heavy (non-hydrogen) atoms. The number of allylic oxidation sites excluding steroid dienone is 2. The third-order valence-corrected chi connectivity index (χ3v) is 12.9. The van der Waals surface area contributed by atoms with E-state index in [-0.39, 0.29) is 59.8 Å². The summed E-state index contributed by atoms with van der Waals surface area (Å²) in [6.07, 6.45) is 3.73. The lowest BCUT2D eigenvalue weighted by atomic mass is 9.49. The van der Waals surface area contributed by atoms with Crippen LogP contribution < -0.4 is 14.9 Å². The predicted octanol–water partition coefficient (Wildman–Crippen LogP) is 6.95. The zero-order valence-corrected chi connectivity index (χ0v) is 33.6. The van der Waals surface area contributed by atoms with Crippen LogP contribution >= 0.6 is 45.8 Å². The van der Waals surface area contributed by atoms with Crippen molar-refractivity contribution in [3.8, 4) is 17.2 Å². The van der Waals surface area contributed by atoms with Crippen molar-refractivity contribution in [3.05, 3.63) is 91.0 Å². The van der Waals surface area contributed by atoms with Gasteiger partial charge in [0.05, 0.1) is 51.7 Å². The number of fused-ring (bicyclic) bond motifs is 4. The van der Waals surface area contributed by atoms with Gasteiger partial charge in [-0.15, -0.1) is 0 Å². The molecule has 0 aromatic heterocycles. The van der Waals surface area contributed by atoms with Crippen molar-refractivity contribution in [3.63, 3.8) is 0 Å². The van der Waals surface area contributed by atoms with E-state index in [0.717, 1.165) is 10.6 Å². The molecular weight excluding hydrogens is 864 g/mol. The van der Waals surface area contributed by atoms with E-state index in [1.807, 2.05) is 28.7 Å². The molecule has 3 N–H and O–H groups in total. The Morgan fingerprint density at radius 3 is 2.36 bits per heavy atom. The molecule has 0 bridgehead atoms. The number of carbonyl (C=O) groups excluding carboxylic acids is 4. The number of rotatable bonds is 12. The number of methoxy groups -OCH3 is 2. The van der Waals surface area contributed by atoms with Gasteiger partial charge in [-0.05, 0) is 108 Å². The maximum absolute atomic E-state index is 15.5. The molecule has 2 aliphatic carbocycles. The number of ether oxygens (including phenoxy) is 2. The Morgan fingerprint density at radius 1 is 0.945 bits per heavy atom. The topological polar surface area (TPSA) is 163 Å². The molecule has 2 heterocycles. The number of hydrogen-bond donors (Lipinski definition) is 3. The number of amides is 4. The molecule has 4 aliphatic rings. The Labute approximate surface area is 340 Å². The molecule has 7 rings (SSSR count). The van der Waals surface area contributed by atoms with Crippen molar-refractivity contribution in [1.29, 1.82) is 0 Å². The molecule has 3 fully saturated rings. The fourth-order valence-corrected chi connectivity index (χ4v) is 10.2. The Hall–Kier alpha value is -4.34. The molecule has 4 amide bonds. The monoisotopic (exact) mass is 901 g/mol. The molecule has 3 aromatic rings. The van der Waals surface area contributed by atoms with Crippen LogP contribution in [0.5, 0.6) is 17.2 Å². The summed E-state index contributed by atoms with van der Waals surface area (Å²) in [7, 11) is 2.96. The number of nitrogens with one attached hydrogen (secondary N) is 1. The van der Waals surface area contributed by atoms with Gasteiger partial charge in [-0.2, -0.15) is 5.01 Å². The van der Waals surface area contributed by atoms with Crippen LogP contribution in [-0.4, -0.2) is 70.5 Å². The standard InChI is InChI=1S/C40H38Cl2IN3O9/c1-54-23-10-7-21(8-11-23)40-27(37(51)46(39(40)53)44-30-14-9-22(41)18-28(30)42)19-26-24(34(40)20-16-29(43)35(49)31(17-20)55-2)12-13-25-33(26)38(52)45(36(25)50)15-5-3-4-6-32(47)48/h7-12,14,16-18,25-27,33-34,44,49H,3-6,13,15,19H2,1-2H3,(H,47,48). The zero-order chi connectivity index (χ0) is 39.3. The van der Waals surface area contributed by atoms with E-state index in [0.29, 0.717) is 44.7 Å². The van der Waals surface area contributed by atoms with Crippen LogP contribution in [0.3, 0.4) is 0 Å². The highest BCUT2D eigenvalue weighted by molar-refractivity contribution is 14.1. The van der Waals surface area contributed by atoms with Crippen LogP contribution in [0.1, 0.15) is 55.6 Å². The van der Waals surface area contributed by atoms with Crippen molar-refractivity contribution < 1.29 is 43.7 Å². The average molecular weight is 903 g/mol. The second-order valence-corrected chi connectivity index (χ2v) is 16.3. The van der Waals surface area contributed by atoms with Crippen molar-refractivity contribution in [2.75, 3.05) is 26.2 Å². The molecule has 6 atom stereocenters. The summed E-state index contributed by atoms with van der Waals surface area (Å²) in [4.78, 5) is 70.9. The van der Waals surface area contributed by atoms with Gasteiger partial charge in [-0.3, -0.25) is 34.3 Å². The number of benzene rings is 3. The molecule has 0 spiro atoms. The van der Waals surface area contributed by atoms with Gasteiger partial charge in [0.2, 0.25) is 11.8 Å². The fourth-order valence-electron chi connectivity index (χ4n) is 9.14. The summed E-state index contributed by atoms with van der Waals surface area (Å²) in [5.74, 6) is -5.90. The quantitative estimate of drug-likeness (QED) is 0.0751. The number of unbranched alkanes of at least 4 members (excludes halogenated alkanes) is 2. The normalized spacial score (nSPS) is 25.7. The third kappa shape index (κ3) is 6.51. The molecule has 2 saturated heterocycles. The van der Waals surface area contributed by atoms with Crippen molar-refractivity contribution >= 4 is 81.1 Å². The van der Waals surface area contributed by atoms with Gasteiger partial charge in [0.1, 0.15) is 5.75 Å². The number of likely N-dealkylation sites (tertiary alicyclic amines) is 1. The molecule has 15 heteroatoms. The average Bonchev–Trinajstić information content (AvgIpc) is 3.53. The highest BCUT2D eigenvalue weighted by Crippen LogP contribution is 2.64. The van der Waals surface area contributed by atoms with Gasteiger partial charge in [0.25, 0.3) is 11.8 Å². The van der Waals surface area contributed by atoms with E-state index in [4.69, 9.17) is 37.8 Å². The molecule has 288 valence electrons. The molecule has 0 radical (unpaired) electrons. The maximum atomic E-state index is 15.5. The van der Waals surface area contributed by atoms with Crippen LogP contribution in [0.2, 0.25) is 10.0 Å². The van der Waals surface area contributed by atoms with Gasteiger partial charge in [-0.25, -0.2) is 0 Å². The summed E-state index contributed by atoms with van der Waals surface area (Å²) in [6, 6.07) is 15.1. The number of aliphatic carboxylic acids is 1. The first kappa shape index (κ1) is 38.9. The van der Waals surface area contributed by atoms with Crippen LogP contribution in [-0.2, 0) is 29.4 Å². The van der Waals surface area contributed by atoms with Gasteiger partial charge in [0.15, 0.2) is 11.5 Å². The Balaban J connectivity index is 1.39. The number of halogens is 3. The number of carbonyl (C=O) groups is 5. The molecule has 12 nitrogen and oxygen atoms in total. The van der Waals surface area contributed by atoms with Crippen molar-refractivity contribution in [1.82, 2.24) is 9.91 Å². The van der Waals surface area contributed by atoms with Gasteiger partial charge < -0.3 is 19.7 Å². The molecule has 6 unspecified atom stereocenters. The van der Waals surface area contributed by atoms with E-state index in [1.165, 1.54) is 25.2 Å². The highest BCUT2D eigenvalue weighted by Gasteiger charge is 2.70. The first-order valence-electron chi connectivity index (χ1n) is 17.9. The first-order chi connectivity index (χ1) is 26.3. The van der Waals surface area contributed by atoms with Gasteiger partial charge >= 0.3 is 5.97 Å².